The van der Waals surface area contributed by atoms with Crippen LogP contribution in [-0.2, 0) is 24.3 Å². The van der Waals surface area contributed by atoms with Gasteiger partial charge in [-0.25, -0.2) is 9.67 Å². The van der Waals surface area contributed by atoms with E-state index in [-0.39, 0.29) is 24.0 Å². The first kappa shape index (κ1) is 23.6. The lowest BCUT2D eigenvalue weighted by atomic mass is 9.98. The van der Waals surface area contributed by atoms with Gasteiger partial charge in [-0.15, -0.1) is 24.0 Å². The minimum atomic E-state index is 0. The summed E-state index contributed by atoms with van der Waals surface area (Å²) < 4.78 is 7.14. The second-order valence-corrected chi connectivity index (χ2v) is 7.30. The van der Waals surface area contributed by atoms with Gasteiger partial charge in [-0.3, -0.25) is 4.99 Å². The number of ether oxygens (including phenoxy) is 1. The number of fused-ring (bicyclic) bond motifs is 1. The molecule has 0 saturated heterocycles. The molecule has 1 aromatic carbocycles. The average molecular weight is 512 g/mol. The first-order chi connectivity index (χ1) is 13.7. The third-order valence-electron chi connectivity index (χ3n) is 5.06. The maximum atomic E-state index is 5.14. The Labute approximate surface area is 190 Å². The molecule has 0 spiro atoms. The smallest absolute Gasteiger partial charge is 0.191 e. The van der Waals surface area contributed by atoms with Crippen LogP contribution in [0.3, 0.4) is 0 Å². The van der Waals surface area contributed by atoms with Crippen LogP contribution in [0.1, 0.15) is 49.8 Å². The molecule has 2 aromatic rings. The summed E-state index contributed by atoms with van der Waals surface area (Å²) in [5, 5.41) is 11.5. The van der Waals surface area contributed by atoms with E-state index in [0.29, 0.717) is 18.6 Å². The molecule has 2 atom stereocenters. The highest BCUT2D eigenvalue weighted by atomic mass is 127. The molecule has 0 aliphatic carbocycles. The predicted molar refractivity (Wildman–Crippen MR) is 127 cm³/mol. The monoisotopic (exact) mass is 512 g/mol. The maximum Gasteiger partial charge on any atom is 0.191 e. The summed E-state index contributed by atoms with van der Waals surface area (Å²) >= 11 is 0. The van der Waals surface area contributed by atoms with Crippen molar-refractivity contribution in [3.05, 3.63) is 47.5 Å². The van der Waals surface area contributed by atoms with Gasteiger partial charge in [-0.2, -0.15) is 5.10 Å². The van der Waals surface area contributed by atoms with E-state index in [1.165, 1.54) is 5.56 Å². The van der Waals surface area contributed by atoms with Crippen molar-refractivity contribution in [1.82, 2.24) is 25.4 Å². The summed E-state index contributed by atoms with van der Waals surface area (Å²) in [7, 11) is 1.67. The summed E-state index contributed by atoms with van der Waals surface area (Å²) in [6.07, 6.45) is 2.97. The summed E-state index contributed by atoms with van der Waals surface area (Å²) in [5.74, 6) is 3.19. The summed E-state index contributed by atoms with van der Waals surface area (Å²) in [5.41, 5.74) is 1.37. The molecule has 8 heteroatoms. The minimum absolute atomic E-state index is 0. The van der Waals surface area contributed by atoms with Gasteiger partial charge in [0, 0.05) is 32.7 Å². The maximum absolute atomic E-state index is 5.14. The summed E-state index contributed by atoms with van der Waals surface area (Å²) in [6.45, 7) is 7.26. The Morgan fingerprint density at radius 2 is 2.14 bits per heavy atom. The fourth-order valence-electron chi connectivity index (χ4n) is 3.50. The Balaban J connectivity index is 0.00000300. The van der Waals surface area contributed by atoms with Crippen molar-refractivity contribution in [2.45, 2.75) is 58.2 Å². The van der Waals surface area contributed by atoms with Crippen LogP contribution < -0.4 is 10.6 Å². The molecule has 7 nitrogen and oxygen atoms in total. The van der Waals surface area contributed by atoms with Gasteiger partial charge in [0.25, 0.3) is 0 Å². The van der Waals surface area contributed by atoms with Gasteiger partial charge in [0.1, 0.15) is 12.4 Å². The molecule has 0 amide bonds. The first-order valence-corrected chi connectivity index (χ1v) is 10.2. The van der Waals surface area contributed by atoms with Gasteiger partial charge in [-0.1, -0.05) is 37.3 Å². The lowest BCUT2D eigenvalue weighted by Crippen LogP contribution is -2.47. The van der Waals surface area contributed by atoms with E-state index in [9.17, 15) is 0 Å². The molecule has 1 aromatic heterocycles. The van der Waals surface area contributed by atoms with Crippen molar-refractivity contribution in [2.24, 2.45) is 4.99 Å². The van der Waals surface area contributed by atoms with Crippen molar-refractivity contribution >= 4 is 29.9 Å². The molecular weight excluding hydrogens is 479 g/mol. The zero-order chi connectivity index (χ0) is 19.8. The van der Waals surface area contributed by atoms with Crippen LogP contribution in [0, 0.1) is 0 Å². The van der Waals surface area contributed by atoms with Crippen molar-refractivity contribution < 1.29 is 4.74 Å². The number of nitrogens with zero attached hydrogens (tertiary/aromatic N) is 4. The minimum Gasteiger partial charge on any atom is -0.377 e. The normalized spacial score (nSPS) is 17.2. The molecule has 2 N–H and O–H groups in total. The molecule has 0 bridgehead atoms. The molecule has 2 unspecified atom stereocenters. The second kappa shape index (κ2) is 12.1. The van der Waals surface area contributed by atoms with Gasteiger partial charge in [0.05, 0.1) is 6.54 Å². The fraction of sp³-hybridized carbons (Fsp3) is 0.571. The number of methoxy groups -OCH3 is 1. The Morgan fingerprint density at radius 1 is 1.34 bits per heavy atom. The Morgan fingerprint density at radius 3 is 2.86 bits per heavy atom. The number of nitrogens with one attached hydrogen (secondary N) is 2. The van der Waals surface area contributed by atoms with Crippen molar-refractivity contribution in [2.75, 3.05) is 20.2 Å². The SMILES string of the molecule is CCNC(=NCCC(C)c1ccccc1)NC1CCc2nc(COC)nn2C1.I. The highest BCUT2D eigenvalue weighted by molar-refractivity contribution is 14.0. The van der Waals surface area contributed by atoms with Crippen molar-refractivity contribution in [3.63, 3.8) is 0 Å². The molecular formula is C21H33IN6O. The standard InChI is InChI=1S/C21H32N6O.HI/c1-4-22-21(23-13-12-16(2)17-8-6-5-7-9-17)24-18-10-11-20-25-19(15-28-3)26-27(20)14-18;/h5-9,16,18H,4,10-15H2,1-3H3,(H2,22,23,24);1H. The van der Waals surface area contributed by atoms with E-state index in [0.717, 1.165) is 56.5 Å². The van der Waals surface area contributed by atoms with Gasteiger partial charge >= 0.3 is 0 Å². The van der Waals surface area contributed by atoms with Crippen LogP contribution in [0.2, 0.25) is 0 Å². The van der Waals surface area contributed by atoms with Gasteiger partial charge in [0.2, 0.25) is 0 Å². The van der Waals surface area contributed by atoms with E-state index < -0.39 is 0 Å². The fourth-order valence-corrected chi connectivity index (χ4v) is 3.50. The zero-order valence-corrected chi connectivity index (χ0v) is 19.9. The van der Waals surface area contributed by atoms with Crippen LogP contribution in [0.4, 0.5) is 0 Å². The number of hydrogen-bond acceptors (Lipinski definition) is 4. The molecule has 160 valence electrons. The third-order valence-corrected chi connectivity index (χ3v) is 5.06. The van der Waals surface area contributed by atoms with E-state index in [1.807, 2.05) is 4.68 Å². The highest BCUT2D eigenvalue weighted by Gasteiger charge is 2.22. The molecule has 0 fully saturated rings. The molecule has 0 saturated carbocycles. The molecule has 0 radical (unpaired) electrons. The Kier molecular flexibility index (Phi) is 9.86. The lowest BCUT2D eigenvalue weighted by Gasteiger charge is -2.25. The number of aryl methyl sites for hydroxylation is 1. The molecule has 29 heavy (non-hydrogen) atoms. The molecule has 1 aliphatic heterocycles. The second-order valence-electron chi connectivity index (χ2n) is 7.30. The van der Waals surface area contributed by atoms with Crippen molar-refractivity contribution in [1.29, 1.82) is 0 Å². The lowest BCUT2D eigenvalue weighted by molar-refractivity contribution is 0.177. The number of rotatable bonds is 8. The Hall–Kier alpha value is -1.68. The van der Waals surface area contributed by atoms with Crippen molar-refractivity contribution in [3.8, 4) is 0 Å². The third kappa shape index (κ3) is 6.95. The molecule has 1 aliphatic rings. The van der Waals surface area contributed by atoms with Gasteiger partial charge in [0.15, 0.2) is 11.8 Å². The van der Waals surface area contributed by atoms with E-state index in [4.69, 9.17) is 9.73 Å². The van der Waals surface area contributed by atoms with Crippen LogP contribution in [0.5, 0.6) is 0 Å². The summed E-state index contributed by atoms with van der Waals surface area (Å²) in [6, 6.07) is 10.9. The van der Waals surface area contributed by atoms with Crippen LogP contribution in [-0.4, -0.2) is 47.0 Å². The number of benzene rings is 1. The highest BCUT2D eigenvalue weighted by Crippen LogP contribution is 2.18. The number of aromatic nitrogens is 3. The number of aliphatic imine (C=N–C) groups is 1. The summed E-state index contributed by atoms with van der Waals surface area (Å²) in [4.78, 5) is 9.33. The first-order valence-electron chi connectivity index (χ1n) is 10.2. The molecule has 3 rings (SSSR count). The number of hydrogen-bond donors (Lipinski definition) is 2. The average Bonchev–Trinajstić information content (AvgIpc) is 3.10. The van der Waals surface area contributed by atoms with Gasteiger partial charge in [-0.05, 0) is 31.2 Å². The van der Waals surface area contributed by atoms with Crippen LogP contribution in [0.15, 0.2) is 35.3 Å². The van der Waals surface area contributed by atoms with E-state index in [1.54, 1.807) is 7.11 Å². The predicted octanol–water partition coefficient (Wildman–Crippen LogP) is 3.11. The largest absolute Gasteiger partial charge is 0.377 e. The quantitative estimate of drug-likeness (QED) is 0.323. The van der Waals surface area contributed by atoms with Crippen LogP contribution >= 0.6 is 24.0 Å². The Bertz CT molecular complexity index is 764. The molecule has 2 heterocycles. The number of guanidine groups is 1. The van der Waals surface area contributed by atoms with Crippen LogP contribution in [0.25, 0.3) is 0 Å². The van der Waals surface area contributed by atoms with E-state index >= 15 is 0 Å². The topological polar surface area (TPSA) is 76.4 Å². The zero-order valence-electron chi connectivity index (χ0n) is 17.6. The van der Waals surface area contributed by atoms with Gasteiger partial charge < -0.3 is 15.4 Å². The number of halogens is 1. The van der Waals surface area contributed by atoms with E-state index in [2.05, 4.69) is 64.9 Å².